The molecular formula is C24H21F2N3O2. The maximum atomic E-state index is 14.6. The van der Waals surface area contributed by atoms with Crippen LogP contribution in [0, 0.1) is 11.6 Å². The van der Waals surface area contributed by atoms with Gasteiger partial charge in [-0.05, 0) is 35.4 Å². The Morgan fingerprint density at radius 1 is 1.00 bits per heavy atom. The Morgan fingerprint density at radius 2 is 1.74 bits per heavy atom. The molecule has 0 aliphatic heterocycles. The second kappa shape index (κ2) is 9.07. The lowest BCUT2D eigenvalue weighted by Gasteiger charge is -2.23. The molecule has 0 saturated heterocycles. The van der Waals surface area contributed by atoms with Gasteiger partial charge in [0.05, 0.1) is 29.4 Å². The van der Waals surface area contributed by atoms with Crippen LogP contribution in [0.15, 0.2) is 66.7 Å². The Kier molecular flexibility index (Phi) is 6.06. The summed E-state index contributed by atoms with van der Waals surface area (Å²) in [5.41, 5.74) is 2.68. The fourth-order valence-electron chi connectivity index (χ4n) is 3.39. The van der Waals surface area contributed by atoms with E-state index in [1.54, 1.807) is 42.5 Å². The number of aliphatic hydroxyl groups excluding tert-OH is 2. The first-order chi connectivity index (χ1) is 15.0. The zero-order chi connectivity index (χ0) is 21.8. The van der Waals surface area contributed by atoms with Crippen molar-refractivity contribution in [3.63, 3.8) is 0 Å². The lowest BCUT2D eigenvalue weighted by molar-refractivity contribution is 0.127. The van der Waals surface area contributed by atoms with Crippen LogP contribution in [0.2, 0.25) is 0 Å². The molecule has 158 valence electrons. The summed E-state index contributed by atoms with van der Waals surface area (Å²) in [6.45, 7) is -0.306. The SMILES string of the molecule is OCC(c1ccccc1)C(O)Nc1cc2c(/C=C/c3ccc(F)cc3)n[nH]c2cc1F. The van der Waals surface area contributed by atoms with Crippen LogP contribution in [0.4, 0.5) is 14.5 Å². The second-order valence-corrected chi connectivity index (χ2v) is 7.16. The number of hydrogen-bond donors (Lipinski definition) is 4. The Balaban J connectivity index is 1.60. The van der Waals surface area contributed by atoms with Gasteiger partial charge in [-0.2, -0.15) is 5.10 Å². The van der Waals surface area contributed by atoms with Crippen molar-refractivity contribution >= 4 is 28.7 Å². The van der Waals surface area contributed by atoms with Gasteiger partial charge in [-0.1, -0.05) is 48.5 Å². The topological polar surface area (TPSA) is 81.2 Å². The van der Waals surface area contributed by atoms with Crippen molar-refractivity contribution in [2.24, 2.45) is 0 Å². The summed E-state index contributed by atoms with van der Waals surface area (Å²) in [6.07, 6.45) is 2.31. The fraction of sp³-hybridized carbons (Fsp3) is 0.125. The monoisotopic (exact) mass is 421 g/mol. The van der Waals surface area contributed by atoms with Gasteiger partial charge in [0.1, 0.15) is 17.9 Å². The maximum absolute atomic E-state index is 14.6. The van der Waals surface area contributed by atoms with Gasteiger partial charge in [-0.15, -0.1) is 0 Å². The van der Waals surface area contributed by atoms with Crippen molar-refractivity contribution in [1.82, 2.24) is 10.2 Å². The fourth-order valence-corrected chi connectivity index (χ4v) is 3.39. The highest BCUT2D eigenvalue weighted by Gasteiger charge is 2.22. The molecule has 5 nitrogen and oxygen atoms in total. The van der Waals surface area contributed by atoms with Crippen molar-refractivity contribution in [3.8, 4) is 0 Å². The van der Waals surface area contributed by atoms with Gasteiger partial charge in [-0.3, -0.25) is 5.10 Å². The molecule has 1 aromatic heterocycles. The van der Waals surface area contributed by atoms with Gasteiger partial charge in [0.25, 0.3) is 0 Å². The first-order valence-electron chi connectivity index (χ1n) is 9.77. The zero-order valence-electron chi connectivity index (χ0n) is 16.5. The molecule has 4 N–H and O–H groups in total. The molecule has 0 radical (unpaired) electrons. The predicted molar refractivity (Wildman–Crippen MR) is 117 cm³/mol. The van der Waals surface area contributed by atoms with E-state index in [-0.39, 0.29) is 18.1 Å². The maximum Gasteiger partial charge on any atom is 0.148 e. The summed E-state index contributed by atoms with van der Waals surface area (Å²) >= 11 is 0. The van der Waals surface area contributed by atoms with Gasteiger partial charge in [-0.25, -0.2) is 8.78 Å². The predicted octanol–water partition coefficient (Wildman–Crippen LogP) is 4.52. The number of benzene rings is 3. The molecule has 0 amide bonds. The standard InChI is InChI=1S/C24H21F2N3O2/c25-17-9-6-15(7-10-17)8-11-21-18-12-23(20(26)13-22(18)29-28-21)27-24(31)19(14-30)16-4-2-1-3-5-16/h1-13,19,24,27,30-31H,14H2,(H,28,29)/b11-8+. The van der Waals surface area contributed by atoms with E-state index in [1.807, 2.05) is 18.2 Å². The van der Waals surface area contributed by atoms with Crippen LogP contribution in [0.1, 0.15) is 22.7 Å². The van der Waals surface area contributed by atoms with Crippen LogP contribution in [-0.2, 0) is 0 Å². The van der Waals surface area contributed by atoms with Crippen LogP contribution >= 0.6 is 0 Å². The van der Waals surface area contributed by atoms with Gasteiger partial charge in [0.2, 0.25) is 0 Å². The van der Waals surface area contributed by atoms with Gasteiger partial charge in [0.15, 0.2) is 0 Å². The number of aliphatic hydroxyl groups is 2. The minimum Gasteiger partial charge on any atom is -0.396 e. The first-order valence-corrected chi connectivity index (χ1v) is 9.77. The number of aromatic amines is 1. The van der Waals surface area contributed by atoms with Crippen molar-refractivity contribution in [2.45, 2.75) is 12.1 Å². The lowest BCUT2D eigenvalue weighted by Crippen LogP contribution is -2.29. The Hall–Kier alpha value is -3.55. The number of aromatic nitrogens is 2. The Labute approximate surface area is 177 Å². The summed E-state index contributed by atoms with van der Waals surface area (Å²) in [6, 6.07) is 17.9. The molecule has 0 bridgehead atoms. The van der Waals surface area contributed by atoms with Crippen LogP contribution in [-0.4, -0.2) is 33.2 Å². The van der Waals surface area contributed by atoms with E-state index in [4.69, 9.17) is 0 Å². The van der Waals surface area contributed by atoms with E-state index in [2.05, 4.69) is 15.5 Å². The van der Waals surface area contributed by atoms with E-state index < -0.39 is 18.0 Å². The van der Waals surface area contributed by atoms with Crippen LogP contribution < -0.4 is 5.32 Å². The van der Waals surface area contributed by atoms with Gasteiger partial charge in [0, 0.05) is 11.5 Å². The van der Waals surface area contributed by atoms with E-state index in [0.29, 0.717) is 16.6 Å². The van der Waals surface area contributed by atoms with Crippen LogP contribution in [0.25, 0.3) is 23.1 Å². The third-order valence-electron chi connectivity index (χ3n) is 5.09. The molecule has 0 saturated carbocycles. The molecule has 2 unspecified atom stereocenters. The molecule has 1 heterocycles. The number of rotatable bonds is 7. The van der Waals surface area contributed by atoms with Gasteiger partial charge >= 0.3 is 0 Å². The molecular weight excluding hydrogens is 400 g/mol. The molecule has 4 rings (SSSR count). The van der Waals surface area contributed by atoms with Crippen molar-refractivity contribution in [1.29, 1.82) is 0 Å². The summed E-state index contributed by atoms with van der Waals surface area (Å²) in [4.78, 5) is 0. The molecule has 2 atom stereocenters. The van der Waals surface area contributed by atoms with E-state index in [0.717, 1.165) is 11.1 Å². The second-order valence-electron chi connectivity index (χ2n) is 7.16. The molecule has 0 aliphatic rings. The average molecular weight is 421 g/mol. The quantitative estimate of drug-likeness (QED) is 0.331. The largest absolute Gasteiger partial charge is 0.396 e. The van der Waals surface area contributed by atoms with Crippen LogP contribution in [0.5, 0.6) is 0 Å². The minimum absolute atomic E-state index is 0.0900. The molecule has 0 fully saturated rings. The average Bonchev–Trinajstić information content (AvgIpc) is 3.16. The molecule has 0 aliphatic carbocycles. The molecule has 3 aromatic carbocycles. The normalized spacial score (nSPS) is 13.5. The highest BCUT2D eigenvalue weighted by atomic mass is 19.1. The Bertz CT molecular complexity index is 1190. The van der Waals surface area contributed by atoms with Crippen molar-refractivity contribution < 1.29 is 19.0 Å². The highest BCUT2D eigenvalue weighted by molar-refractivity contribution is 5.91. The number of halogens is 2. The first kappa shape index (κ1) is 20.7. The number of H-pyrrole nitrogens is 1. The number of anilines is 1. The molecule has 7 heteroatoms. The third-order valence-corrected chi connectivity index (χ3v) is 5.09. The summed E-state index contributed by atoms with van der Waals surface area (Å²) in [5, 5.41) is 30.7. The van der Waals surface area contributed by atoms with Crippen molar-refractivity contribution in [3.05, 3.63) is 95.2 Å². The smallest absolute Gasteiger partial charge is 0.148 e. The molecule has 0 spiro atoms. The number of fused-ring (bicyclic) bond motifs is 1. The van der Waals surface area contributed by atoms with Crippen molar-refractivity contribution in [2.75, 3.05) is 11.9 Å². The summed E-state index contributed by atoms with van der Waals surface area (Å²) in [5.74, 6) is -1.50. The van der Waals surface area contributed by atoms with Gasteiger partial charge < -0.3 is 15.5 Å². The lowest BCUT2D eigenvalue weighted by atomic mass is 9.98. The number of nitrogens with zero attached hydrogens (tertiary/aromatic N) is 1. The van der Waals surface area contributed by atoms with E-state index in [9.17, 15) is 19.0 Å². The third kappa shape index (κ3) is 4.63. The summed E-state index contributed by atoms with van der Waals surface area (Å²) < 4.78 is 27.7. The zero-order valence-corrected chi connectivity index (χ0v) is 16.5. The Morgan fingerprint density at radius 3 is 2.45 bits per heavy atom. The number of nitrogens with one attached hydrogen (secondary N) is 2. The highest BCUT2D eigenvalue weighted by Crippen LogP contribution is 2.28. The summed E-state index contributed by atoms with van der Waals surface area (Å²) in [7, 11) is 0. The number of hydrogen-bond acceptors (Lipinski definition) is 4. The van der Waals surface area contributed by atoms with E-state index in [1.165, 1.54) is 18.2 Å². The van der Waals surface area contributed by atoms with Crippen LogP contribution in [0.3, 0.4) is 0 Å². The van der Waals surface area contributed by atoms with E-state index >= 15 is 0 Å². The minimum atomic E-state index is -1.20. The molecule has 4 aromatic rings. The molecule has 31 heavy (non-hydrogen) atoms.